The van der Waals surface area contributed by atoms with Crippen molar-refractivity contribution in [2.45, 2.75) is 32.7 Å². The van der Waals surface area contributed by atoms with Crippen molar-refractivity contribution in [2.24, 2.45) is 0 Å². The van der Waals surface area contributed by atoms with Gasteiger partial charge in [0.2, 0.25) is 0 Å². The fourth-order valence-electron chi connectivity index (χ4n) is 2.90. The summed E-state index contributed by atoms with van der Waals surface area (Å²) in [6.45, 7) is 4.51. The lowest BCUT2D eigenvalue weighted by Gasteiger charge is -2.28. The predicted molar refractivity (Wildman–Crippen MR) is 92.5 cm³/mol. The molecule has 4 nitrogen and oxygen atoms in total. The van der Waals surface area contributed by atoms with Gasteiger partial charge in [0.15, 0.2) is 0 Å². The smallest absolute Gasteiger partial charge is 0.272 e. The Balaban J connectivity index is 1.70. The number of anilines is 1. The van der Waals surface area contributed by atoms with Crippen molar-refractivity contribution in [2.75, 3.05) is 18.4 Å². The summed E-state index contributed by atoms with van der Waals surface area (Å²) in [5.74, 6) is 0.0126. The topological polar surface area (TPSA) is 45.2 Å². The fourth-order valence-corrected chi connectivity index (χ4v) is 2.90. The number of aromatic nitrogens is 1. The van der Waals surface area contributed by atoms with Gasteiger partial charge in [-0.2, -0.15) is 0 Å². The molecule has 2 heterocycles. The Labute approximate surface area is 137 Å². The summed E-state index contributed by atoms with van der Waals surface area (Å²) in [6, 6.07) is 12.1. The monoisotopic (exact) mass is 309 g/mol. The Kier molecular flexibility index (Phi) is 4.91. The third-order valence-corrected chi connectivity index (χ3v) is 4.26. The number of carbonyl (C=O) groups is 1. The van der Waals surface area contributed by atoms with Crippen LogP contribution in [-0.4, -0.2) is 28.9 Å². The number of pyridine rings is 1. The van der Waals surface area contributed by atoms with E-state index < -0.39 is 0 Å². The highest BCUT2D eigenvalue weighted by atomic mass is 16.2. The van der Waals surface area contributed by atoms with Crippen LogP contribution in [-0.2, 0) is 13.0 Å². The summed E-state index contributed by atoms with van der Waals surface area (Å²) >= 11 is 0. The van der Waals surface area contributed by atoms with Gasteiger partial charge in [0.1, 0.15) is 5.69 Å². The Bertz CT molecular complexity index is 684. The lowest BCUT2D eigenvalue weighted by molar-refractivity contribution is 0.0729. The van der Waals surface area contributed by atoms with E-state index in [0.717, 1.165) is 38.0 Å². The summed E-state index contributed by atoms with van der Waals surface area (Å²) in [5, 5.41) is 3.35. The SMILES string of the molecule is CCCCNc1ccnc(C(=O)N2CCc3ccccc3C2)c1. The van der Waals surface area contributed by atoms with E-state index in [1.54, 1.807) is 6.20 Å². The average Bonchev–Trinajstić information content (AvgIpc) is 2.61. The third kappa shape index (κ3) is 3.70. The molecule has 1 amide bonds. The van der Waals surface area contributed by atoms with Crippen molar-refractivity contribution in [3.63, 3.8) is 0 Å². The van der Waals surface area contributed by atoms with Crippen molar-refractivity contribution in [3.05, 3.63) is 59.4 Å². The number of nitrogens with one attached hydrogen (secondary N) is 1. The van der Waals surface area contributed by atoms with E-state index in [2.05, 4.69) is 35.4 Å². The van der Waals surface area contributed by atoms with E-state index >= 15 is 0 Å². The number of fused-ring (bicyclic) bond motifs is 1. The Morgan fingerprint density at radius 2 is 2.09 bits per heavy atom. The maximum Gasteiger partial charge on any atom is 0.272 e. The van der Waals surface area contributed by atoms with Crippen LogP contribution in [0.15, 0.2) is 42.6 Å². The second kappa shape index (κ2) is 7.27. The van der Waals surface area contributed by atoms with Crippen molar-refractivity contribution < 1.29 is 4.79 Å². The van der Waals surface area contributed by atoms with Crippen molar-refractivity contribution >= 4 is 11.6 Å². The zero-order valence-electron chi connectivity index (χ0n) is 13.6. The largest absolute Gasteiger partial charge is 0.385 e. The van der Waals surface area contributed by atoms with Crippen LogP contribution in [0.5, 0.6) is 0 Å². The Morgan fingerprint density at radius 1 is 1.26 bits per heavy atom. The molecule has 0 spiro atoms. The molecule has 1 aliphatic heterocycles. The molecule has 0 saturated carbocycles. The van der Waals surface area contributed by atoms with Crippen molar-refractivity contribution in [3.8, 4) is 0 Å². The molecule has 2 aromatic rings. The minimum Gasteiger partial charge on any atom is -0.385 e. The molecule has 1 N–H and O–H groups in total. The molecular weight excluding hydrogens is 286 g/mol. The molecule has 1 aromatic heterocycles. The van der Waals surface area contributed by atoms with Gasteiger partial charge in [-0.3, -0.25) is 9.78 Å². The first kappa shape index (κ1) is 15.5. The number of amides is 1. The summed E-state index contributed by atoms with van der Waals surface area (Å²) < 4.78 is 0. The number of rotatable bonds is 5. The number of benzene rings is 1. The molecule has 3 rings (SSSR count). The van der Waals surface area contributed by atoms with Crippen LogP contribution >= 0.6 is 0 Å². The molecule has 0 saturated heterocycles. The molecule has 0 radical (unpaired) electrons. The van der Waals surface area contributed by atoms with Crippen LogP contribution in [0.3, 0.4) is 0 Å². The number of unbranched alkanes of at least 4 members (excludes halogenated alkanes) is 1. The predicted octanol–water partition coefficient (Wildman–Crippen LogP) is 3.49. The highest BCUT2D eigenvalue weighted by Crippen LogP contribution is 2.20. The van der Waals surface area contributed by atoms with E-state index in [9.17, 15) is 4.79 Å². The average molecular weight is 309 g/mol. The quantitative estimate of drug-likeness (QED) is 0.860. The molecule has 4 heteroatoms. The maximum absolute atomic E-state index is 12.7. The van der Waals surface area contributed by atoms with Gasteiger partial charge in [-0.25, -0.2) is 0 Å². The summed E-state index contributed by atoms with van der Waals surface area (Å²) in [5.41, 5.74) is 4.07. The number of carbonyl (C=O) groups excluding carboxylic acids is 1. The fraction of sp³-hybridized carbons (Fsp3) is 0.368. The van der Waals surface area contributed by atoms with E-state index in [0.29, 0.717) is 12.2 Å². The zero-order chi connectivity index (χ0) is 16.1. The number of hydrogen-bond donors (Lipinski definition) is 1. The number of nitrogens with zero attached hydrogens (tertiary/aromatic N) is 2. The van der Waals surface area contributed by atoms with Crippen molar-refractivity contribution in [1.29, 1.82) is 0 Å². The minimum atomic E-state index is 0.0126. The molecule has 120 valence electrons. The minimum absolute atomic E-state index is 0.0126. The molecule has 0 bridgehead atoms. The lowest BCUT2D eigenvalue weighted by atomic mass is 10.00. The molecule has 1 aromatic carbocycles. The van der Waals surface area contributed by atoms with Crippen LogP contribution < -0.4 is 5.32 Å². The normalized spacial score (nSPS) is 13.5. The second-order valence-electron chi connectivity index (χ2n) is 5.96. The van der Waals surface area contributed by atoms with Gasteiger partial charge in [0, 0.05) is 31.5 Å². The van der Waals surface area contributed by atoms with E-state index in [4.69, 9.17) is 0 Å². The van der Waals surface area contributed by atoms with E-state index in [1.165, 1.54) is 11.1 Å². The van der Waals surface area contributed by atoms with Gasteiger partial charge in [0.05, 0.1) is 0 Å². The van der Waals surface area contributed by atoms with Crippen molar-refractivity contribution in [1.82, 2.24) is 9.88 Å². The Hall–Kier alpha value is -2.36. The number of hydrogen-bond acceptors (Lipinski definition) is 3. The summed E-state index contributed by atoms with van der Waals surface area (Å²) in [4.78, 5) is 18.9. The van der Waals surface area contributed by atoms with Crippen LogP contribution in [0.25, 0.3) is 0 Å². The Morgan fingerprint density at radius 3 is 2.91 bits per heavy atom. The van der Waals surface area contributed by atoms with Crippen LogP contribution in [0, 0.1) is 0 Å². The summed E-state index contributed by atoms with van der Waals surface area (Å²) in [7, 11) is 0. The molecule has 23 heavy (non-hydrogen) atoms. The highest BCUT2D eigenvalue weighted by molar-refractivity contribution is 5.93. The maximum atomic E-state index is 12.7. The first-order chi connectivity index (χ1) is 11.3. The third-order valence-electron chi connectivity index (χ3n) is 4.26. The molecule has 0 fully saturated rings. The molecule has 1 aliphatic rings. The van der Waals surface area contributed by atoms with E-state index in [-0.39, 0.29) is 5.91 Å². The first-order valence-electron chi connectivity index (χ1n) is 8.34. The molecule has 0 aliphatic carbocycles. The van der Waals surface area contributed by atoms with Gasteiger partial charge in [-0.05, 0) is 36.1 Å². The molecule has 0 unspecified atom stereocenters. The standard InChI is InChI=1S/C19H23N3O/c1-2-3-10-20-17-8-11-21-18(13-17)19(23)22-12-9-15-6-4-5-7-16(15)14-22/h4-8,11,13H,2-3,9-10,12,14H2,1H3,(H,20,21). The zero-order valence-corrected chi connectivity index (χ0v) is 13.6. The summed E-state index contributed by atoms with van der Waals surface area (Å²) in [6.07, 6.45) is 4.89. The van der Waals surface area contributed by atoms with Crippen LogP contribution in [0.1, 0.15) is 41.4 Å². The molecule has 0 atom stereocenters. The van der Waals surface area contributed by atoms with Gasteiger partial charge >= 0.3 is 0 Å². The first-order valence-corrected chi connectivity index (χ1v) is 8.34. The molecular formula is C19H23N3O. The van der Waals surface area contributed by atoms with Gasteiger partial charge in [-0.1, -0.05) is 37.6 Å². The highest BCUT2D eigenvalue weighted by Gasteiger charge is 2.22. The van der Waals surface area contributed by atoms with Gasteiger partial charge < -0.3 is 10.2 Å². The van der Waals surface area contributed by atoms with Gasteiger partial charge in [0.25, 0.3) is 5.91 Å². The van der Waals surface area contributed by atoms with Crippen LogP contribution in [0.2, 0.25) is 0 Å². The lowest BCUT2D eigenvalue weighted by Crippen LogP contribution is -2.36. The van der Waals surface area contributed by atoms with Crippen LogP contribution in [0.4, 0.5) is 5.69 Å². The second-order valence-corrected chi connectivity index (χ2v) is 5.96. The van der Waals surface area contributed by atoms with Gasteiger partial charge in [-0.15, -0.1) is 0 Å². The van der Waals surface area contributed by atoms with E-state index in [1.807, 2.05) is 23.1 Å².